The first kappa shape index (κ1) is 9.85. The van der Waals surface area contributed by atoms with Crippen LogP contribution in [-0.2, 0) is 4.79 Å². The van der Waals surface area contributed by atoms with Crippen LogP contribution in [0.1, 0.15) is 12.8 Å². The molecule has 1 amide bonds. The fourth-order valence-corrected chi connectivity index (χ4v) is 1.56. The van der Waals surface area contributed by atoms with E-state index in [1.807, 2.05) is 0 Å². The number of aromatic nitrogens is 1. The minimum Gasteiger partial charge on any atom is -0.323 e. The normalized spacial score (nSPS) is 17.6. The van der Waals surface area contributed by atoms with Crippen LogP contribution in [0.2, 0.25) is 0 Å². The third-order valence-corrected chi connectivity index (χ3v) is 3.12. The van der Waals surface area contributed by atoms with E-state index in [0.717, 1.165) is 22.1 Å². The van der Waals surface area contributed by atoms with Crippen molar-refractivity contribution in [3.05, 3.63) is 22.0 Å². The summed E-state index contributed by atoms with van der Waals surface area (Å²) in [5, 5.41) is 2.80. The molecule has 1 fully saturated rings. The minimum atomic E-state index is -0.619. The number of nitrogens with one attached hydrogen (secondary N) is 1. The van der Waals surface area contributed by atoms with Gasteiger partial charge < -0.3 is 11.1 Å². The second-order valence-electron chi connectivity index (χ2n) is 3.47. The molecule has 1 aromatic rings. The number of amides is 1. The van der Waals surface area contributed by atoms with Crippen molar-refractivity contribution in [2.24, 2.45) is 5.73 Å². The predicted molar refractivity (Wildman–Crippen MR) is 61.7 cm³/mol. The lowest BCUT2D eigenvalue weighted by molar-refractivity contribution is -0.118. The minimum absolute atomic E-state index is 0.0957. The van der Waals surface area contributed by atoms with Crippen LogP contribution in [0.4, 0.5) is 5.69 Å². The molecule has 0 bridgehead atoms. The summed E-state index contributed by atoms with van der Waals surface area (Å²) >= 11 is 2.12. The number of rotatable bonds is 2. The first-order valence-electron chi connectivity index (χ1n) is 4.32. The molecule has 0 saturated heterocycles. The first-order chi connectivity index (χ1) is 6.62. The summed E-state index contributed by atoms with van der Waals surface area (Å²) in [6, 6.07) is 1.77. The molecule has 0 spiro atoms. The topological polar surface area (TPSA) is 68.0 Å². The SMILES string of the molecule is NC1(C(=O)Nc2ccncc2I)CC1. The van der Waals surface area contributed by atoms with Crippen molar-refractivity contribution in [1.29, 1.82) is 0 Å². The number of carbonyl (C=O) groups is 1. The highest BCUT2D eigenvalue weighted by atomic mass is 127. The van der Waals surface area contributed by atoms with Gasteiger partial charge in [-0.15, -0.1) is 0 Å². The molecule has 0 unspecified atom stereocenters. The molecule has 1 aromatic heterocycles. The number of hydrogen-bond donors (Lipinski definition) is 2. The number of hydrogen-bond acceptors (Lipinski definition) is 3. The van der Waals surface area contributed by atoms with Gasteiger partial charge in [0, 0.05) is 12.4 Å². The maximum absolute atomic E-state index is 11.6. The van der Waals surface area contributed by atoms with E-state index >= 15 is 0 Å². The molecule has 1 aliphatic rings. The van der Waals surface area contributed by atoms with Crippen LogP contribution in [0, 0.1) is 3.57 Å². The van der Waals surface area contributed by atoms with Gasteiger partial charge in [-0.3, -0.25) is 9.78 Å². The maximum atomic E-state index is 11.6. The van der Waals surface area contributed by atoms with E-state index in [1.165, 1.54) is 0 Å². The second-order valence-corrected chi connectivity index (χ2v) is 4.63. The van der Waals surface area contributed by atoms with Crippen LogP contribution in [-0.4, -0.2) is 16.4 Å². The third kappa shape index (κ3) is 1.88. The zero-order valence-electron chi connectivity index (χ0n) is 7.46. The number of carbonyl (C=O) groups excluding carboxylic acids is 1. The number of halogens is 1. The smallest absolute Gasteiger partial charge is 0.244 e. The van der Waals surface area contributed by atoms with Gasteiger partial charge in [-0.05, 0) is 41.5 Å². The average Bonchev–Trinajstić information content (AvgIpc) is 2.89. The summed E-state index contributed by atoms with van der Waals surface area (Å²) in [5.74, 6) is -0.0957. The average molecular weight is 303 g/mol. The Bertz CT molecular complexity index is 376. The Labute approximate surface area is 95.4 Å². The van der Waals surface area contributed by atoms with Crippen LogP contribution in [0.3, 0.4) is 0 Å². The van der Waals surface area contributed by atoms with Gasteiger partial charge in [-0.2, -0.15) is 0 Å². The summed E-state index contributed by atoms with van der Waals surface area (Å²) in [6.45, 7) is 0. The predicted octanol–water partition coefficient (Wildman–Crippen LogP) is 1.12. The second kappa shape index (κ2) is 3.47. The lowest BCUT2D eigenvalue weighted by atomic mass is 10.2. The van der Waals surface area contributed by atoms with Crippen molar-refractivity contribution in [3.63, 3.8) is 0 Å². The molecule has 0 aromatic carbocycles. The van der Waals surface area contributed by atoms with E-state index in [4.69, 9.17) is 5.73 Å². The lowest BCUT2D eigenvalue weighted by Gasteiger charge is -2.10. The number of pyridine rings is 1. The zero-order chi connectivity index (χ0) is 10.2. The quantitative estimate of drug-likeness (QED) is 0.804. The van der Waals surface area contributed by atoms with Crippen LogP contribution in [0.15, 0.2) is 18.5 Å². The Morgan fingerprint density at radius 3 is 2.93 bits per heavy atom. The van der Waals surface area contributed by atoms with Gasteiger partial charge in [-0.25, -0.2) is 0 Å². The van der Waals surface area contributed by atoms with Gasteiger partial charge in [0.1, 0.15) is 0 Å². The summed E-state index contributed by atoms with van der Waals surface area (Å²) < 4.78 is 0.919. The highest BCUT2D eigenvalue weighted by Gasteiger charge is 2.46. The number of anilines is 1. The van der Waals surface area contributed by atoms with Crippen LogP contribution >= 0.6 is 22.6 Å². The van der Waals surface area contributed by atoms with Crippen molar-refractivity contribution in [2.45, 2.75) is 18.4 Å². The van der Waals surface area contributed by atoms with Gasteiger partial charge in [0.25, 0.3) is 0 Å². The first-order valence-corrected chi connectivity index (χ1v) is 5.39. The van der Waals surface area contributed by atoms with Crippen LogP contribution < -0.4 is 11.1 Å². The van der Waals surface area contributed by atoms with Crippen molar-refractivity contribution < 1.29 is 4.79 Å². The van der Waals surface area contributed by atoms with Crippen LogP contribution in [0.25, 0.3) is 0 Å². The molecular weight excluding hydrogens is 293 g/mol. The summed E-state index contributed by atoms with van der Waals surface area (Å²) in [6.07, 6.45) is 4.90. The lowest BCUT2D eigenvalue weighted by Crippen LogP contribution is -2.38. The van der Waals surface area contributed by atoms with Crippen molar-refractivity contribution in [1.82, 2.24) is 4.98 Å². The van der Waals surface area contributed by atoms with Gasteiger partial charge in [0.05, 0.1) is 14.8 Å². The summed E-state index contributed by atoms with van der Waals surface area (Å²) in [4.78, 5) is 15.5. The van der Waals surface area contributed by atoms with Gasteiger partial charge >= 0.3 is 0 Å². The highest BCUT2D eigenvalue weighted by molar-refractivity contribution is 14.1. The van der Waals surface area contributed by atoms with Gasteiger partial charge in [-0.1, -0.05) is 0 Å². The van der Waals surface area contributed by atoms with E-state index in [0.29, 0.717) is 0 Å². The molecule has 3 N–H and O–H groups in total. The number of nitrogens with zero attached hydrogens (tertiary/aromatic N) is 1. The summed E-state index contributed by atoms with van der Waals surface area (Å²) in [7, 11) is 0. The van der Waals surface area contributed by atoms with E-state index in [1.54, 1.807) is 18.5 Å². The van der Waals surface area contributed by atoms with E-state index in [9.17, 15) is 4.79 Å². The van der Waals surface area contributed by atoms with E-state index in [-0.39, 0.29) is 5.91 Å². The summed E-state index contributed by atoms with van der Waals surface area (Å²) in [5.41, 5.74) is 5.92. The van der Waals surface area contributed by atoms with E-state index in [2.05, 4.69) is 32.9 Å². The molecule has 1 saturated carbocycles. The molecule has 1 aliphatic carbocycles. The zero-order valence-corrected chi connectivity index (χ0v) is 9.61. The Kier molecular flexibility index (Phi) is 2.44. The molecular formula is C9H10IN3O. The molecule has 4 nitrogen and oxygen atoms in total. The number of nitrogens with two attached hydrogens (primary N) is 1. The van der Waals surface area contributed by atoms with Gasteiger partial charge in [0.2, 0.25) is 5.91 Å². The molecule has 0 aliphatic heterocycles. The van der Waals surface area contributed by atoms with Crippen molar-refractivity contribution in [3.8, 4) is 0 Å². The van der Waals surface area contributed by atoms with Gasteiger partial charge in [0.15, 0.2) is 0 Å². The monoisotopic (exact) mass is 303 g/mol. The molecule has 74 valence electrons. The fraction of sp³-hybridized carbons (Fsp3) is 0.333. The highest BCUT2D eigenvalue weighted by Crippen LogP contribution is 2.33. The molecule has 0 radical (unpaired) electrons. The third-order valence-electron chi connectivity index (χ3n) is 2.26. The maximum Gasteiger partial charge on any atom is 0.244 e. The van der Waals surface area contributed by atoms with E-state index < -0.39 is 5.54 Å². The Morgan fingerprint density at radius 1 is 1.64 bits per heavy atom. The Morgan fingerprint density at radius 2 is 2.36 bits per heavy atom. The Balaban J connectivity index is 2.11. The molecule has 14 heavy (non-hydrogen) atoms. The molecule has 1 heterocycles. The van der Waals surface area contributed by atoms with Crippen molar-refractivity contribution in [2.75, 3.05) is 5.32 Å². The standard InChI is InChI=1S/C9H10IN3O/c10-6-5-12-4-1-7(6)13-8(14)9(11)2-3-9/h1,4-5H,2-3,11H2,(H,12,13,14). The molecule has 2 rings (SSSR count). The van der Waals surface area contributed by atoms with Crippen molar-refractivity contribution >= 4 is 34.2 Å². The molecule has 0 atom stereocenters. The largest absolute Gasteiger partial charge is 0.323 e. The Hall–Kier alpha value is -0.690. The fourth-order valence-electron chi connectivity index (χ4n) is 1.09. The van der Waals surface area contributed by atoms with Crippen LogP contribution in [0.5, 0.6) is 0 Å². The molecule has 5 heteroatoms.